The highest BCUT2D eigenvalue weighted by atomic mass is 16.5. The van der Waals surface area contributed by atoms with E-state index in [4.69, 9.17) is 4.74 Å². The molecule has 0 amide bonds. The smallest absolute Gasteiger partial charge is 0.0859 e. The molecule has 1 aliphatic heterocycles. The normalized spacial score (nSPS) is 23.1. The van der Waals surface area contributed by atoms with Crippen LogP contribution >= 0.6 is 0 Å². The van der Waals surface area contributed by atoms with Crippen LogP contribution in [0.1, 0.15) is 35.9 Å². The molecule has 88 valence electrons. The third-order valence-electron chi connectivity index (χ3n) is 3.10. The van der Waals surface area contributed by atoms with Crippen LogP contribution in [0.25, 0.3) is 0 Å². The van der Waals surface area contributed by atoms with Crippen LogP contribution in [0.4, 0.5) is 0 Å². The van der Waals surface area contributed by atoms with Gasteiger partial charge in [-0.15, -0.1) is 0 Å². The zero-order chi connectivity index (χ0) is 11.5. The van der Waals surface area contributed by atoms with Gasteiger partial charge in [0.2, 0.25) is 0 Å². The molecule has 0 saturated carbocycles. The molecule has 1 saturated heterocycles. The van der Waals surface area contributed by atoms with Crippen LogP contribution in [-0.4, -0.2) is 28.5 Å². The fraction of sp³-hybridized carbons (Fsp3) is 0.667. The molecule has 1 aliphatic rings. The summed E-state index contributed by atoms with van der Waals surface area (Å²) >= 11 is 0. The second-order valence-corrected chi connectivity index (χ2v) is 4.45. The molecule has 2 rings (SSSR count). The first-order valence-electron chi connectivity index (χ1n) is 5.75. The van der Waals surface area contributed by atoms with Crippen LogP contribution in [0.3, 0.4) is 0 Å². The Hall–Kier alpha value is -1.00. The minimum atomic E-state index is -0.477. The van der Waals surface area contributed by atoms with Gasteiger partial charge in [0, 0.05) is 18.1 Å². The summed E-state index contributed by atoms with van der Waals surface area (Å²) in [5.74, 6) is 0.191. The van der Waals surface area contributed by atoms with Gasteiger partial charge in [-0.1, -0.05) is 0 Å². The van der Waals surface area contributed by atoms with Crippen molar-refractivity contribution in [2.24, 2.45) is 5.92 Å². The molecule has 1 N–H and O–H groups in total. The van der Waals surface area contributed by atoms with E-state index in [9.17, 15) is 5.11 Å². The summed E-state index contributed by atoms with van der Waals surface area (Å²) in [6.45, 7) is 5.23. The molecule has 0 aromatic carbocycles. The summed E-state index contributed by atoms with van der Waals surface area (Å²) in [7, 11) is 0. The van der Waals surface area contributed by atoms with Crippen LogP contribution in [0.2, 0.25) is 0 Å². The Bertz CT molecular complexity index is 362. The van der Waals surface area contributed by atoms with Crippen molar-refractivity contribution in [2.45, 2.75) is 32.8 Å². The maximum Gasteiger partial charge on any atom is 0.0859 e. The molecule has 2 unspecified atom stereocenters. The van der Waals surface area contributed by atoms with E-state index in [2.05, 4.69) is 10.2 Å². The largest absolute Gasteiger partial charge is 0.388 e. The predicted octanol–water partition coefficient (Wildman–Crippen LogP) is 1.55. The molecule has 2 atom stereocenters. The topological polar surface area (TPSA) is 55.2 Å². The molecule has 0 bridgehead atoms. The van der Waals surface area contributed by atoms with Crippen molar-refractivity contribution in [1.82, 2.24) is 10.2 Å². The number of aromatic nitrogens is 2. The van der Waals surface area contributed by atoms with Crippen LogP contribution in [0.15, 0.2) is 6.07 Å². The molecular weight excluding hydrogens is 204 g/mol. The third-order valence-corrected chi connectivity index (χ3v) is 3.10. The lowest BCUT2D eigenvalue weighted by Crippen LogP contribution is -2.24. The van der Waals surface area contributed by atoms with Gasteiger partial charge < -0.3 is 9.84 Å². The van der Waals surface area contributed by atoms with Crippen LogP contribution < -0.4 is 0 Å². The predicted molar refractivity (Wildman–Crippen MR) is 60.0 cm³/mol. The summed E-state index contributed by atoms with van der Waals surface area (Å²) in [5, 5.41) is 18.3. The van der Waals surface area contributed by atoms with Gasteiger partial charge in [-0.05, 0) is 32.8 Å². The molecule has 4 nitrogen and oxygen atoms in total. The number of rotatable bonds is 2. The summed E-state index contributed by atoms with van der Waals surface area (Å²) in [4.78, 5) is 0. The van der Waals surface area contributed by atoms with Gasteiger partial charge in [0.05, 0.1) is 24.1 Å². The zero-order valence-electron chi connectivity index (χ0n) is 9.81. The van der Waals surface area contributed by atoms with Gasteiger partial charge in [0.25, 0.3) is 0 Å². The Labute approximate surface area is 95.7 Å². The Kier molecular flexibility index (Phi) is 3.51. The van der Waals surface area contributed by atoms with E-state index >= 15 is 0 Å². The fourth-order valence-electron chi connectivity index (χ4n) is 2.14. The first-order chi connectivity index (χ1) is 7.68. The maximum absolute atomic E-state index is 10.3. The van der Waals surface area contributed by atoms with Crippen molar-refractivity contribution in [3.05, 3.63) is 23.0 Å². The van der Waals surface area contributed by atoms with Crippen molar-refractivity contribution in [3.63, 3.8) is 0 Å². The van der Waals surface area contributed by atoms with E-state index in [0.717, 1.165) is 36.4 Å². The number of aliphatic hydroxyl groups excluding tert-OH is 1. The van der Waals surface area contributed by atoms with E-state index in [1.165, 1.54) is 0 Å². The van der Waals surface area contributed by atoms with E-state index in [-0.39, 0.29) is 5.92 Å². The second kappa shape index (κ2) is 4.89. The molecule has 2 heterocycles. The van der Waals surface area contributed by atoms with Gasteiger partial charge in [-0.2, -0.15) is 10.2 Å². The van der Waals surface area contributed by atoms with Gasteiger partial charge >= 0.3 is 0 Å². The Morgan fingerprint density at radius 1 is 1.44 bits per heavy atom. The number of nitrogens with zero attached hydrogens (tertiary/aromatic N) is 2. The van der Waals surface area contributed by atoms with Gasteiger partial charge in [-0.3, -0.25) is 0 Å². The summed E-state index contributed by atoms with van der Waals surface area (Å²) in [6.07, 6.45) is 1.56. The van der Waals surface area contributed by atoms with Gasteiger partial charge in [-0.25, -0.2) is 0 Å². The molecule has 0 radical (unpaired) electrons. The average Bonchev–Trinajstić information content (AvgIpc) is 2.32. The van der Waals surface area contributed by atoms with E-state index < -0.39 is 6.10 Å². The van der Waals surface area contributed by atoms with E-state index in [1.54, 1.807) is 0 Å². The number of aliphatic hydroxyl groups is 1. The summed E-state index contributed by atoms with van der Waals surface area (Å²) in [6, 6.07) is 1.92. The standard InChI is InChI=1S/C12H18N2O2/c1-8-6-11(9(2)14-13-8)12(15)10-4-3-5-16-7-10/h6,10,12,15H,3-5,7H2,1-2H3. The van der Waals surface area contributed by atoms with Crippen LogP contribution in [0, 0.1) is 19.8 Å². The lowest BCUT2D eigenvalue weighted by atomic mass is 9.90. The van der Waals surface area contributed by atoms with Gasteiger partial charge in [0.15, 0.2) is 0 Å². The summed E-state index contributed by atoms with van der Waals surface area (Å²) < 4.78 is 5.40. The number of hydrogen-bond acceptors (Lipinski definition) is 4. The third kappa shape index (κ3) is 2.39. The van der Waals surface area contributed by atoms with Crippen molar-refractivity contribution in [1.29, 1.82) is 0 Å². The molecule has 1 aromatic heterocycles. The molecular formula is C12H18N2O2. The Morgan fingerprint density at radius 2 is 2.25 bits per heavy atom. The van der Waals surface area contributed by atoms with Crippen molar-refractivity contribution < 1.29 is 9.84 Å². The monoisotopic (exact) mass is 222 g/mol. The minimum Gasteiger partial charge on any atom is -0.388 e. The number of aryl methyl sites for hydroxylation is 2. The van der Waals surface area contributed by atoms with Crippen LogP contribution in [0.5, 0.6) is 0 Å². The number of hydrogen-bond donors (Lipinski definition) is 1. The molecule has 1 aromatic rings. The highest BCUT2D eigenvalue weighted by Gasteiger charge is 2.25. The van der Waals surface area contributed by atoms with E-state index in [1.807, 2.05) is 19.9 Å². The van der Waals surface area contributed by atoms with E-state index in [0.29, 0.717) is 6.61 Å². The molecule has 16 heavy (non-hydrogen) atoms. The lowest BCUT2D eigenvalue weighted by molar-refractivity contribution is -0.0104. The van der Waals surface area contributed by atoms with Crippen LogP contribution in [-0.2, 0) is 4.74 Å². The minimum absolute atomic E-state index is 0.191. The maximum atomic E-state index is 10.3. The molecule has 0 spiro atoms. The number of ether oxygens (including phenoxy) is 1. The fourth-order valence-corrected chi connectivity index (χ4v) is 2.14. The van der Waals surface area contributed by atoms with Crippen molar-refractivity contribution >= 4 is 0 Å². The molecule has 0 aliphatic carbocycles. The SMILES string of the molecule is Cc1cc(C(O)C2CCCOC2)c(C)nn1. The first-order valence-corrected chi connectivity index (χ1v) is 5.75. The van der Waals surface area contributed by atoms with Crippen molar-refractivity contribution in [2.75, 3.05) is 13.2 Å². The van der Waals surface area contributed by atoms with Gasteiger partial charge in [0.1, 0.15) is 0 Å². The second-order valence-electron chi connectivity index (χ2n) is 4.45. The highest BCUT2D eigenvalue weighted by molar-refractivity contribution is 5.23. The first kappa shape index (κ1) is 11.5. The average molecular weight is 222 g/mol. The molecule has 1 fully saturated rings. The quantitative estimate of drug-likeness (QED) is 0.825. The Morgan fingerprint density at radius 3 is 2.94 bits per heavy atom. The Balaban J connectivity index is 2.18. The lowest BCUT2D eigenvalue weighted by Gasteiger charge is -2.27. The highest BCUT2D eigenvalue weighted by Crippen LogP contribution is 2.29. The molecule has 4 heteroatoms. The zero-order valence-corrected chi connectivity index (χ0v) is 9.81. The van der Waals surface area contributed by atoms with Crippen molar-refractivity contribution in [3.8, 4) is 0 Å². The summed E-state index contributed by atoms with van der Waals surface area (Å²) in [5.41, 5.74) is 2.54.